The van der Waals surface area contributed by atoms with Crippen molar-refractivity contribution < 1.29 is 0 Å². The molecule has 2 heteroatoms. The van der Waals surface area contributed by atoms with Crippen LogP contribution < -0.4 is 4.90 Å². The first-order chi connectivity index (χ1) is 10.4. The van der Waals surface area contributed by atoms with E-state index in [0.29, 0.717) is 0 Å². The van der Waals surface area contributed by atoms with E-state index >= 15 is 0 Å². The topological polar surface area (TPSA) is 8.17 Å². The largest absolute Gasteiger partial charge is 0.367 e. The van der Waals surface area contributed by atoms with Crippen molar-refractivity contribution in [1.82, 2.24) is 4.57 Å². The van der Waals surface area contributed by atoms with Crippen LogP contribution in [0, 0.1) is 0 Å². The van der Waals surface area contributed by atoms with Crippen molar-refractivity contribution in [1.29, 1.82) is 0 Å². The summed E-state index contributed by atoms with van der Waals surface area (Å²) in [4.78, 5) is 2.47. The van der Waals surface area contributed by atoms with Crippen LogP contribution >= 0.6 is 0 Å². The molecule has 1 aliphatic heterocycles. The number of rotatable bonds is 3. The zero-order chi connectivity index (χ0) is 14.1. The van der Waals surface area contributed by atoms with Crippen LogP contribution in [0.1, 0.15) is 11.1 Å². The molecule has 0 amide bonds. The predicted molar refractivity (Wildman–Crippen MR) is 87.0 cm³/mol. The average Bonchev–Trinajstić information content (AvgIpc) is 3.19. The minimum absolute atomic E-state index is 0.989. The quantitative estimate of drug-likeness (QED) is 0.700. The van der Waals surface area contributed by atoms with Crippen molar-refractivity contribution >= 4 is 5.69 Å². The van der Waals surface area contributed by atoms with Gasteiger partial charge in [0.1, 0.15) is 0 Å². The molecule has 0 fully saturated rings. The molecule has 0 saturated heterocycles. The molecule has 0 unspecified atom stereocenters. The molecule has 0 atom stereocenters. The molecule has 0 spiro atoms. The molecule has 0 bridgehead atoms. The number of anilines is 1. The van der Waals surface area contributed by atoms with Gasteiger partial charge in [-0.3, -0.25) is 0 Å². The molecule has 2 nitrogen and oxygen atoms in total. The van der Waals surface area contributed by atoms with Crippen LogP contribution in [0.5, 0.6) is 0 Å². The Morgan fingerprint density at radius 3 is 2.38 bits per heavy atom. The van der Waals surface area contributed by atoms with Gasteiger partial charge < -0.3 is 9.47 Å². The molecule has 21 heavy (non-hydrogen) atoms. The highest BCUT2D eigenvalue weighted by molar-refractivity contribution is 5.58. The first kappa shape index (κ1) is 12.3. The fourth-order valence-corrected chi connectivity index (χ4v) is 3.07. The lowest BCUT2D eigenvalue weighted by Crippen LogP contribution is -2.19. The summed E-state index contributed by atoms with van der Waals surface area (Å²) in [5, 5.41) is 0. The first-order valence-electron chi connectivity index (χ1n) is 7.45. The van der Waals surface area contributed by atoms with Gasteiger partial charge in [-0.1, -0.05) is 30.3 Å². The number of fused-ring (bicyclic) bond motifs is 1. The van der Waals surface area contributed by atoms with Crippen molar-refractivity contribution in [2.45, 2.75) is 13.0 Å². The summed E-state index contributed by atoms with van der Waals surface area (Å²) < 4.78 is 2.13. The van der Waals surface area contributed by atoms with E-state index < -0.39 is 0 Å². The number of nitrogens with zero attached hydrogens (tertiary/aromatic N) is 2. The Balaban J connectivity index is 1.53. The number of benzene rings is 2. The summed E-state index contributed by atoms with van der Waals surface area (Å²) in [7, 11) is 0. The lowest BCUT2D eigenvalue weighted by Gasteiger charge is -2.19. The molecule has 0 N–H and O–H groups in total. The Morgan fingerprint density at radius 1 is 0.810 bits per heavy atom. The van der Waals surface area contributed by atoms with Crippen LogP contribution in [0.3, 0.4) is 0 Å². The zero-order valence-electron chi connectivity index (χ0n) is 11.9. The molecule has 3 aromatic rings. The maximum atomic E-state index is 2.47. The van der Waals surface area contributed by atoms with Crippen molar-refractivity contribution in [3.8, 4) is 5.69 Å². The maximum Gasteiger partial charge on any atom is 0.0449 e. The average molecular weight is 274 g/mol. The Morgan fingerprint density at radius 2 is 1.57 bits per heavy atom. The molecular formula is C19H18N2. The third-order valence-corrected chi connectivity index (χ3v) is 4.20. The third kappa shape index (κ3) is 2.33. The second-order valence-electron chi connectivity index (χ2n) is 5.56. The minimum Gasteiger partial charge on any atom is -0.367 e. The number of hydrogen-bond acceptors (Lipinski definition) is 1. The van der Waals surface area contributed by atoms with Crippen molar-refractivity contribution in [3.63, 3.8) is 0 Å². The van der Waals surface area contributed by atoms with Gasteiger partial charge in [-0.2, -0.15) is 0 Å². The summed E-state index contributed by atoms with van der Waals surface area (Å²) >= 11 is 0. The summed E-state index contributed by atoms with van der Waals surface area (Å²) in [6, 6.07) is 21.7. The molecule has 104 valence electrons. The first-order valence-corrected chi connectivity index (χ1v) is 7.45. The van der Waals surface area contributed by atoms with E-state index in [1.165, 1.54) is 22.5 Å². The molecule has 0 aliphatic carbocycles. The van der Waals surface area contributed by atoms with Gasteiger partial charge in [-0.25, -0.2) is 0 Å². The lowest BCUT2D eigenvalue weighted by molar-refractivity contribution is 0.835. The van der Waals surface area contributed by atoms with Gasteiger partial charge in [0.15, 0.2) is 0 Å². The predicted octanol–water partition coefficient (Wildman–Crippen LogP) is 4.04. The normalized spacial score (nSPS) is 13.4. The zero-order valence-corrected chi connectivity index (χ0v) is 11.9. The second-order valence-corrected chi connectivity index (χ2v) is 5.56. The van der Waals surface area contributed by atoms with E-state index in [2.05, 4.69) is 82.5 Å². The lowest BCUT2D eigenvalue weighted by atomic mass is 10.1. The van der Waals surface area contributed by atoms with Gasteiger partial charge in [0.2, 0.25) is 0 Å². The highest BCUT2D eigenvalue weighted by atomic mass is 15.1. The van der Waals surface area contributed by atoms with E-state index in [1.54, 1.807) is 0 Å². The van der Waals surface area contributed by atoms with Gasteiger partial charge in [0, 0.05) is 36.9 Å². The van der Waals surface area contributed by atoms with Gasteiger partial charge in [-0.05, 0) is 47.9 Å². The van der Waals surface area contributed by atoms with Crippen LogP contribution in [-0.4, -0.2) is 11.1 Å². The maximum absolute atomic E-state index is 2.47. The molecule has 2 aromatic carbocycles. The Labute approximate surface area is 125 Å². The van der Waals surface area contributed by atoms with Crippen LogP contribution in [0.15, 0.2) is 73.1 Å². The van der Waals surface area contributed by atoms with Crippen molar-refractivity contribution in [2.24, 2.45) is 0 Å². The van der Waals surface area contributed by atoms with E-state index in [-0.39, 0.29) is 0 Å². The van der Waals surface area contributed by atoms with E-state index in [4.69, 9.17) is 0 Å². The van der Waals surface area contributed by atoms with Gasteiger partial charge in [-0.15, -0.1) is 0 Å². The van der Waals surface area contributed by atoms with Gasteiger partial charge in [0.05, 0.1) is 0 Å². The molecule has 0 saturated carbocycles. The molecular weight excluding hydrogens is 256 g/mol. The number of aromatic nitrogens is 1. The fourth-order valence-electron chi connectivity index (χ4n) is 3.07. The monoisotopic (exact) mass is 274 g/mol. The third-order valence-electron chi connectivity index (χ3n) is 4.20. The van der Waals surface area contributed by atoms with Crippen molar-refractivity contribution in [3.05, 3.63) is 84.2 Å². The minimum atomic E-state index is 0.989. The molecule has 0 radical (unpaired) electrons. The van der Waals surface area contributed by atoms with Gasteiger partial charge in [0.25, 0.3) is 0 Å². The summed E-state index contributed by atoms with van der Waals surface area (Å²) in [5.74, 6) is 0. The SMILES string of the molecule is c1ccc2c(c1)CCN2Cc1ccc(-n2cccc2)cc1. The summed E-state index contributed by atoms with van der Waals surface area (Å²) in [5.41, 5.74) is 5.45. The fraction of sp³-hybridized carbons (Fsp3) is 0.158. The smallest absolute Gasteiger partial charge is 0.0449 e. The highest BCUT2D eigenvalue weighted by Gasteiger charge is 2.17. The molecule has 1 aromatic heterocycles. The van der Waals surface area contributed by atoms with Crippen LogP contribution in [0.25, 0.3) is 5.69 Å². The van der Waals surface area contributed by atoms with Gasteiger partial charge >= 0.3 is 0 Å². The molecule has 1 aliphatic rings. The Hall–Kier alpha value is -2.48. The standard InChI is InChI=1S/C19H18N2/c1-2-6-19-17(5-1)11-14-21(19)15-16-7-9-18(10-8-16)20-12-3-4-13-20/h1-10,12-13H,11,14-15H2. The van der Waals surface area contributed by atoms with E-state index in [9.17, 15) is 0 Å². The second kappa shape index (κ2) is 5.13. The van der Waals surface area contributed by atoms with E-state index in [0.717, 1.165) is 19.5 Å². The highest BCUT2D eigenvalue weighted by Crippen LogP contribution is 2.28. The number of para-hydroxylation sites is 1. The summed E-state index contributed by atoms with van der Waals surface area (Å²) in [6.07, 6.45) is 5.31. The van der Waals surface area contributed by atoms with Crippen LogP contribution in [0.2, 0.25) is 0 Å². The molecule has 2 heterocycles. The van der Waals surface area contributed by atoms with E-state index in [1.807, 2.05) is 0 Å². The van der Waals surface area contributed by atoms with Crippen LogP contribution in [0.4, 0.5) is 5.69 Å². The summed E-state index contributed by atoms with van der Waals surface area (Å²) in [6.45, 7) is 2.11. The van der Waals surface area contributed by atoms with Crippen LogP contribution in [-0.2, 0) is 13.0 Å². The Bertz CT molecular complexity index is 727. The number of hydrogen-bond donors (Lipinski definition) is 0. The van der Waals surface area contributed by atoms with Crippen molar-refractivity contribution in [2.75, 3.05) is 11.4 Å². The molecule has 4 rings (SSSR count). The Kier molecular flexibility index (Phi) is 3.00.